The molecule has 372 valence electrons. The first-order chi connectivity index (χ1) is 32.8. The van der Waals surface area contributed by atoms with Gasteiger partial charge in [-0.15, -0.1) is 24.2 Å². The molecule has 0 saturated carbocycles. The van der Waals surface area contributed by atoms with E-state index in [4.69, 9.17) is 11.6 Å². The molecular weight excluding hydrogens is 956 g/mol. The van der Waals surface area contributed by atoms with Crippen molar-refractivity contribution >= 4 is 74.3 Å². The monoisotopic (exact) mass is 1020 g/mol. The molecule has 3 saturated heterocycles. The number of likely N-dealkylation sites (tertiary alicyclic amines) is 1. The van der Waals surface area contributed by atoms with Crippen molar-refractivity contribution in [3.05, 3.63) is 129 Å². The van der Waals surface area contributed by atoms with Gasteiger partial charge in [-0.05, 0) is 116 Å². The molecule has 3 fully saturated rings. The second-order valence-electron chi connectivity index (χ2n) is 19.1. The largest absolute Gasteiger partial charge is 0.393 e. The number of benzene rings is 4. The molecule has 3 aliphatic heterocycles. The third-order valence-electron chi connectivity index (χ3n) is 13.9. The van der Waals surface area contributed by atoms with E-state index in [0.29, 0.717) is 25.0 Å². The molecular formula is C51H66Cl2N8O6S2. The normalized spacial score (nSPS) is 20.5. The minimum Gasteiger partial charge on any atom is -0.393 e. The number of hydrogen-bond acceptors (Lipinski definition) is 13. The first-order valence-corrected chi connectivity index (χ1v) is 26.8. The molecule has 4 aromatic carbocycles. The number of aliphatic hydroxyl groups is 1. The molecule has 0 radical (unpaired) electrons. The van der Waals surface area contributed by atoms with Crippen molar-refractivity contribution in [2.75, 3.05) is 101 Å². The number of piperazine rings is 2. The van der Waals surface area contributed by atoms with Crippen molar-refractivity contribution in [2.24, 2.45) is 5.41 Å². The minimum atomic E-state index is -4.47. The maximum Gasteiger partial charge on any atom is 0.293 e. The van der Waals surface area contributed by atoms with Gasteiger partial charge >= 0.3 is 0 Å². The van der Waals surface area contributed by atoms with Gasteiger partial charge in [0.05, 0.1) is 15.9 Å². The number of rotatable bonds is 18. The van der Waals surface area contributed by atoms with Gasteiger partial charge in [-0.1, -0.05) is 54.4 Å². The summed E-state index contributed by atoms with van der Waals surface area (Å²) in [7, 11) is -4.47. The van der Waals surface area contributed by atoms with E-state index in [9.17, 15) is 28.4 Å². The second-order valence-corrected chi connectivity index (χ2v) is 22.3. The molecule has 2 atom stereocenters. The summed E-state index contributed by atoms with van der Waals surface area (Å²) in [5.41, 5.74) is 5.34. The van der Waals surface area contributed by atoms with Crippen LogP contribution in [-0.4, -0.2) is 142 Å². The van der Waals surface area contributed by atoms with Crippen molar-refractivity contribution in [3.8, 4) is 0 Å². The second kappa shape index (κ2) is 24.3. The first-order valence-electron chi connectivity index (χ1n) is 24.0. The summed E-state index contributed by atoms with van der Waals surface area (Å²) >= 11 is 7.93. The molecule has 4 N–H and O–H groups in total. The van der Waals surface area contributed by atoms with Crippen molar-refractivity contribution in [2.45, 2.75) is 67.4 Å². The topological polar surface area (TPSA) is 164 Å². The fourth-order valence-corrected chi connectivity index (χ4v) is 12.2. The van der Waals surface area contributed by atoms with Crippen LogP contribution in [-0.2, 0) is 10.0 Å². The number of nitro benzene ring substituents is 1. The number of halogens is 2. The zero-order valence-corrected chi connectivity index (χ0v) is 42.6. The molecule has 0 bridgehead atoms. The molecule has 8 rings (SSSR count). The molecule has 4 aromatic rings. The Morgan fingerprint density at radius 1 is 0.913 bits per heavy atom. The van der Waals surface area contributed by atoms with E-state index >= 15 is 0 Å². The Morgan fingerprint density at radius 3 is 2.29 bits per heavy atom. The van der Waals surface area contributed by atoms with Gasteiger partial charge in [-0.3, -0.25) is 19.8 Å². The van der Waals surface area contributed by atoms with E-state index in [1.807, 2.05) is 54.6 Å². The van der Waals surface area contributed by atoms with E-state index in [2.05, 4.69) is 54.0 Å². The summed E-state index contributed by atoms with van der Waals surface area (Å²) in [5.74, 6) is -0.207. The Kier molecular flexibility index (Phi) is 18.5. The van der Waals surface area contributed by atoms with Crippen LogP contribution in [0, 0.1) is 15.5 Å². The lowest BCUT2D eigenvalue weighted by Crippen LogP contribution is -2.49. The average Bonchev–Trinajstić information content (AvgIpc) is 3.34. The summed E-state index contributed by atoms with van der Waals surface area (Å²) in [6.45, 7) is 14.4. The number of hydrogen-bond donors (Lipinski definition) is 4. The SMILES string of the molecule is CC1(CN2CCNCC2)CCC(c2ccc(Cl)cc2)=C(CN2CCN(c3ccc(C(=O)NS(=O)(=O)c4ccc(N[C@H](CCN5CCC(O)CC5)CSc5ccccc5)c([N+](=O)[O-])c4)cc3)CC2)C1.Cl. The molecule has 1 amide bonds. The van der Waals surface area contributed by atoms with E-state index in [1.165, 1.54) is 28.8 Å². The number of sulfonamides is 1. The quantitative estimate of drug-likeness (QED) is 0.0433. The number of nitrogens with one attached hydrogen (secondary N) is 3. The zero-order valence-electron chi connectivity index (χ0n) is 39.4. The fourth-order valence-electron chi connectivity index (χ4n) is 10.1. The number of allylic oxidation sites excluding steroid dienone is 1. The molecule has 4 aliphatic rings. The Hall–Kier alpha value is -4.23. The van der Waals surface area contributed by atoms with Crippen molar-refractivity contribution < 1.29 is 23.2 Å². The Labute approximate surface area is 422 Å². The van der Waals surface area contributed by atoms with E-state index in [1.54, 1.807) is 23.9 Å². The van der Waals surface area contributed by atoms with Crippen molar-refractivity contribution in [1.29, 1.82) is 0 Å². The molecule has 1 unspecified atom stereocenters. The highest BCUT2D eigenvalue weighted by Crippen LogP contribution is 2.44. The van der Waals surface area contributed by atoms with Gasteiger partial charge in [0.15, 0.2) is 0 Å². The highest BCUT2D eigenvalue weighted by molar-refractivity contribution is 7.99. The lowest BCUT2D eigenvalue weighted by atomic mass is 9.71. The third-order valence-corrected chi connectivity index (χ3v) is 16.7. The van der Waals surface area contributed by atoms with Crippen LogP contribution in [0.3, 0.4) is 0 Å². The van der Waals surface area contributed by atoms with Crippen LogP contribution >= 0.6 is 35.8 Å². The lowest BCUT2D eigenvalue weighted by molar-refractivity contribution is -0.384. The maximum absolute atomic E-state index is 13.6. The molecule has 0 spiro atoms. The van der Waals surface area contributed by atoms with Crippen molar-refractivity contribution in [3.63, 3.8) is 0 Å². The number of anilines is 2. The number of nitro groups is 1. The van der Waals surface area contributed by atoms with Gasteiger partial charge in [0.2, 0.25) is 0 Å². The zero-order chi connectivity index (χ0) is 47.7. The number of piperidine rings is 1. The van der Waals surface area contributed by atoms with E-state index in [0.717, 1.165) is 126 Å². The summed E-state index contributed by atoms with van der Waals surface area (Å²) in [5, 5.41) is 29.9. The highest BCUT2D eigenvalue weighted by Gasteiger charge is 2.35. The predicted molar refractivity (Wildman–Crippen MR) is 281 cm³/mol. The standard InChI is InChI=1S/C51H65ClN8O6S2.ClH/c1-51(37-58-27-22-53-23-28-58)21-17-47(38-7-11-41(52)12-8-38)40(34-51)35-57-29-31-59(32-30-57)43-13-9-39(10-14-43)50(62)55-68(65,66)46-15-16-48(49(33-46)60(63)64)54-42(36-67-45-5-3-2-4-6-45)18-24-56-25-19-44(61)20-26-56;/h2-16,33,42,44,53-54,61H,17-32,34-37H2,1H3,(H,55,62);1H/t42-,51?;/m1./s1. The average molecular weight is 1020 g/mol. The summed E-state index contributed by atoms with van der Waals surface area (Å²) < 4.78 is 29.3. The van der Waals surface area contributed by atoms with E-state index < -0.39 is 26.5 Å². The lowest BCUT2D eigenvalue weighted by Gasteiger charge is -2.43. The maximum atomic E-state index is 13.6. The molecule has 1 aliphatic carbocycles. The van der Waals surface area contributed by atoms with Crippen LogP contribution in [0.2, 0.25) is 5.02 Å². The number of amides is 1. The van der Waals surface area contributed by atoms with Crippen LogP contribution in [0.25, 0.3) is 5.57 Å². The van der Waals surface area contributed by atoms with Gasteiger partial charge in [0.1, 0.15) is 5.69 Å². The van der Waals surface area contributed by atoms with Crippen molar-refractivity contribution in [1.82, 2.24) is 24.7 Å². The highest BCUT2D eigenvalue weighted by atomic mass is 35.5. The summed E-state index contributed by atoms with van der Waals surface area (Å²) in [6.07, 6.45) is 5.09. The number of aliphatic hydroxyl groups excluding tert-OH is 1. The predicted octanol–water partition coefficient (Wildman–Crippen LogP) is 7.88. The van der Waals surface area contributed by atoms with Gasteiger partial charge in [-0.2, -0.15) is 0 Å². The summed E-state index contributed by atoms with van der Waals surface area (Å²) in [4.78, 5) is 35.6. The Balaban J connectivity index is 0.00000703. The molecule has 14 nitrogen and oxygen atoms in total. The molecule has 3 heterocycles. The third kappa shape index (κ3) is 14.4. The Bertz CT molecular complexity index is 2480. The van der Waals surface area contributed by atoms with Gasteiger partial charge in [-0.25, -0.2) is 13.1 Å². The number of carbonyl (C=O) groups excluding carboxylic acids is 1. The van der Waals surface area contributed by atoms with Gasteiger partial charge in [0, 0.05) is 124 Å². The number of carbonyl (C=O) groups is 1. The number of nitrogens with zero attached hydrogens (tertiary/aromatic N) is 5. The molecule has 18 heteroatoms. The smallest absolute Gasteiger partial charge is 0.293 e. The molecule has 69 heavy (non-hydrogen) atoms. The van der Waals surface area contributed by atoms with Crippen LogP contribution in [0.5, 0.6) is 0 Å². The van der Waals surface area contributed by atoms with E-state index in [-0.39, 0.29) is 46.1 Å². The van der Waals surface area contributed by atoms with Crippen LogP contribution < -0.4 is 20.3 Å². The first kappa shape index (κ1) is 52.6. The van der Waals surface area contributed by atoms with Gasteiger partial charge in [0.25, 0.3) is 21.6 Å². The minimum absolute atomic E-state index is 0. The summed E-state index contributed by atoms with van der Waals surface area (Å²) in [6, 6.07) is 28.6. The number of thioether (sulfide) groups is 1. The van der Waals surface area contributed by atoms with Gasteiger partial charge < -0.3 is 30.4 Å². The Morgan fingerprint density at radius 2 is 1.61 bits per heavy atom. The van der Waals surface area contributed by atoms with Crippen LogP contribution in [0.4, 0.5) is 17.1 Å². The fraction of sp³-hybridized carbons (Fsp3) is 0.471. The van der Waals surface area contributed by atoms with Crippen LogP contribution in [0.1, 0.15) is 61.4 Å². The molecule has 0 aromatic heterocycles. The van der Waals surface area contributed by atoms with Crippen LogP contribution in [0.15, 0.2) is 112 Å².